The standard InChI is InChI=1S/C14H25NO3S/c1-10(9-19(16,17)18)8-15-14-5-11-2-12(6-14)4-13(3-11)7-14/h10-13,15H,2-9H2,1H3,(H,16,17,18). The molecule has 1 atom stereocenters. The predicted octanol–water partition coefficient (Wildman–Crippen LogP) is 2.07. The molecule has 19 heavy (non-hydrogen) atoms. The van der Waals surface area contributed by atoms with Crippen molar-refractivity contribution in [2.45, 2.75) is 51.0 Å². The molecule has 0 aromatic rings. The Hall–Kier alpha value is -0.130. The molecular weight excluding hydrogens is 262 g/mol. The summed E-state index contributed by atoms with van der Waals surface area (Å²) in [5.41, 5.74) is 0.280. The van der Waals surface area contributed by atoms with E-state index in [1.54, 1.807) is 0 Å². The van der Waals surface area contributed by atoms with Crippen LogP contribution in [0, 0.1) is 23.7 Å². The summed E-state index contributed by atoms with van der Waals surface area (Å²) in [5.74, 6) is 2.54. The van der Waals surface area contributed by atoms with Crippen molar-refractivity contribution in [2.24, 2.45) is 23.7 Å². The average molecular weight is 287 g/mol. The van der Waals surface area contributed by atoms with E-state index in [1.165, 1.54) is 38.5 Å². The zero-order valence-corrected chi connectivity index (χ0v) is 12.5. The van der Waals surface area contributed by atoms with E-state index >= 15 is 0 Å². The molecule has 0 heterocycles. The zero-order valence-electron chi connectivity index (χ0n) is 11.6. The highest BCUT2D eigenvalue weighted by Crippen LogP contribution is 2.55. The lowest BCUT2D eigenvalue weighted by atomic mass is 9.53. The summed E-state index contributed by atoms with van der Waals surface area (Å²) in [4.78, 5) is 0. The molecule has 0 amide bonds. The molecule has 4 aliphatic rings. The summed E-state index contributed by atoms with van der Waals surface area (Å²) in [7, 11) is -3.84. The van der Waals surface area contributed by atoms with Gasteiger partial charge in [-0.1, -0.05) is 6.92 Å². The van der Waals surface area contributed by atoms with Crippen LogP contribution in [0.25, 0.3) is 0 Å². The van der Waals surface area contributed by atoms with Crippen LogP contribution in [0.1, 0.15) is 45.4 Å². The molecule has 0 spiro atoms. The van der Waals surface area contributed by atoms with Gasteiger partial charge < -0.3 is 5.32 Å². The Morgan fingerprint density at radius 1 is 1.16 bits per heavy atom. The molecule has 4 bridgehead atoms. The summed E-state index contributed by atoms with van der Waals surface area (Å²) in [6.07, 6.45) is 8.08. The third-order valence-electron chi connectivity index (χ3n) is 5.36. The summed E-state index contributed by atoms with van der Waals surface area (Å²) in [6.45, 7) is 2.59. The van der Waals surface area contributed by atoms with E-state index in [4.69, 9.17) is 4.55 Å². The lowest BCUT2D eigenvalue weighted by Gasteiger charge is -2.57. The van der Waals surface area contributed by atoms with Gasteiger partial charge in [0.2, 0.25) is 0 Å². The van der Waals surface area contributed by atoms with Gasteiger partial charge in [0.1, 0.15) is 0 Å². The van der Waals surface area contributed by atoms with E-state index in [0.29, 0.717) is 6.54 Å². The fourth-order valence-corrected chi connectivity index (χ4v) is 5.97. The largest absolute Gasteiger partial charge is 0.311 e. The number of nitrogens with one attached hydrogen (secondary N) is 1. The van der Waals surface area contributed by atoms with Gasteiger partial charge in [-0.3, -0.25) is 4.55 Å². The van der Waals surface area contributed by atoms with Crippen molar-refractivity contribution in [3.8, 4) is 0 Å². The Labute approximate surface area is 116 Å². The number of rotatable bonds is 5. The molecule has 2 N–H and O–H groups in total. The Bertz CT molecular complexity index is 410. The molecule has 0 aliphatic heterocycles. The fourth-order valence-electron chi connectivity index (χ4n) is 5.14. The van der Waals surface area contributed by atoms with Crippen LogP contribution in [-0.2, 0) is 10.1 Å². The lowest BCUT2D eigenvalue weighted by molar-refractivity contribution is -0.0207. The highest BCUT2D eigenvalue weighted by molar-refractivity contribution is 7.85. The Morgan fingerprint density at radius 3 is 2.05 bits per heavy atom. The van der Waals surface area contributed by atoms with Crippen molar-refractivity contribution in [1.82, 2.24) is 5.32 Å². The second-order valence-electron chi connectivity index (χ2n) is 7.43. The van der Waals surface area contributed by atoms with Gasteiger partial charge in [0.15, 0.2) is 0 Å². The fraction of sp³-hybridized carbons (Fsp3) is 1.00. The maximum absolute atomic E-state index is 10.9. The van der Waals surface area contributed by atoms with Crippen molar-refractivity contribution in [3.05, 3.63) is 0 Å². The number of hydrogen-bond donors (Lipinski definition) is 2. The first-order chi connectivity index (χ1) is 8.84. The van der Waals surface area contributed by atoms with Crippen LogP contribution in [0.2, 0.25) is 0 Å². The number of hydrogen-bond acceptors (Lipinski definition) is 3. The van der Waals surface area contributed by atoms with E-state index in [9.17, 15) is 8.42 Å². The highest BCUT2D eigenvalue weighted by Gasteiger charge is 2.50. The van der Waals surface area contributed by atoms with Gasteiger partial charge in [-0.25, -0.2) is 0 Å². The van der Waals surface area contributed by atoms with E-state index in [1.807, 2.05) is 6.92 Å². The molecule has 0 aromatic heterocycles. The van der Waals surface area contributed by atoms with Crippen molar-refractivity contribution in [2.75, 3.05) is 12.3 Å². The van der Waals surface area contributed by atoms with Gasteiger partial charge in [-0.2, -0.15) is 8.42 Å². The third-order valence-corrected chi connectivity index (χ3v) is 6.35. The Morgan fingerprint density at radius 2 is 1.63 bits per heavy atom. The van der Waals surface area contributed by atoms with Gasteiger partial charge in [0, 0.05) is 5.54 Å². The molecule has 4 fully saturated rings. The van der Waals surface area contributed by atoms with Crippen LogP contribution >= 0.6 is 0 Å². The van der Waals surface area contributed by atoms with Crippen LogP contribution in [0.5, 0.6) is 0 Å². The van der Waals surface area contributed by atoms with Gasteiger partial charge in [0.25, 0.3) is 10.1 Å². The van der Waals surface area contributed by atoms with Crippen molar-refractivity contribution in [1.29, 1.82) is 0 Å². The van der Waals surface area contributed by atoms with Crippen molar-refractivity contribution in [3.63, 3.8) is 0 Å². The first-order valence-corrected chi connectivity index (χ1v) is 9.15. The van der Waals surface area contributed by atoms with Gasteiger partial charge in [0.05, 0.1) is 5.75 Å². The summed E-state index contributed by atoms with van der Waals surface area (Å²) < 4.78 is 30.7. The first-order valence-electron chi connectivity index (χ1n) is 7.54. The molecule has 0 saturated heterocycles. The van der Waals surface area contributed by atoms with Crippen LogP contribution in [0.15, 0.2) is 0 Å². The van der Waals surface area contributed by atoms with E-state index in [0.717, 1.165) is 17.8 Å². The first kappa shape index (κ1) is 13.8. The molecule has 1 unspecified atom stereocenters. The smallest absolute Gasteiger partial charge is 0.265 e. The lowest BCUT2D eigenvalue weighted by Crippen LogP contribution is -2.59. The summed E-state index contributed by atoms with van der Waals surface area (Å²) in [5, 5.41) is 3.67. The summed E-state index contributed by atoms with van der Waals surface area (Å²) in [6, 6.07) is 0. The second kappa shape index (κ2) is 4.71. The minimum Gasteiger partial charge on any atom is -0.311 e. The van der Waals surface area contributed by atoms with E-state index < -0.39 is 10.1 Å². The molecule has 5 heteroatoms. The van der Waals surface area contributed by atoms with E-state index in [-0.39, 0.29) is 17.2 Å². The monoisotopic (exact) mass is 287 g/mol. The third kappa shape index (κ3) is 3.14. The van der Waals surface area contributed by atoms with Gasteiger partial charge >= 0.3 is 0 Å². The molecular formula is C14H25NO3S. The SMILES string of the molecule is CC(CNC12CC3CC(CC(C3)C1)C2)CS(=O)(=O)O. The average Bonchev–Trinajstić information content (AvgIpc) is 2.22. The van der Waals surface area contributed by atoms with Gasteiger partial charge in [-0.15, -0.1) is 0 Å². The normalized spacial score (nSPS) is 42.5. The Balaban J connectivity index is 1.58. The highest BCUT2D eigenvalue weighted by atomic mass is 32.2. The molecule has 4 nitrogen and oxygen atoms in total. The quantitative estimate of drug-likeness (QED) is 0.760. The van der Waals surface area contributed by atoms with Crippen molar-refractivity contribution >= 4 is 10.1 Å². The zero-order chi connectivity index (χ0) is 13.7. The maximum Gasteiger partial charge on any atom is 0.265 e. The minimum absolute atomic E-state index is 0.0250. The summed E-state index contributed by atoms with van der Waals surface area (Å²) >= 11 is 0. The molecule has 0 radical (unpaired) electrons. The van der Waals surface area contributed by atoms with Gasteiger partial charge in [-0.05, 0) is 68.7 Å². The molecule has 4 aliphatic carbocycles. The Kier molecular flexibility index (Phi) is 3.43. The second-order valence-corrected chi connectivity index (χ2v) is 8.93. The molecule has 4 rings (SSSR count). The van der Waals surface area contributed by atoms with Crippen LogP contribution in [-0.4, -0.2) is 30.8 Å². The van der Waals surface area contributed by atoms with E-state index in [2.05, 4.69) is 5.32 Å². The maximum atomic E-state index is 10.9. The topological polar surface area (TPSA) is 66.4 Å². The molecule has 110 valence electrons. The molecule has 4 saturated carbocycles. The van der Waals surface area contributed by atoms with Crippen LogP contribution in [0.3, 0.4) is 0 Å². The predicted molar refractivity (Wildman–Crippen MR) is 74.5 cm³/mol. The van der Waals surface area contributed by atoms with Crippen LogP contribution in [0.4, 0.5) is 0 Å². The van der Waals surface area contributed by atoms with Crippen molar-refractivity contribution < 1.29 is 13.0 Å². The van der Waals surface area contributed by atoms with Crippen LogP contribution < -0.4 is 5.32 Å². The molecule has 0 aromatic carbocycles. The minimum atomic E-state index is -3.84.